The van der Waals surface area contributed by atoms with E-state index in [1.165, 1.54) is 12.1 Å². The topological polar surface area (TPSA) is 89.3 Å². The molecule has 1 aromatic rings. The first-order chi connectivity index (χ1) is 9.11. The lowest BCUT2D eigenvalue weighted by molar-refractivity contribution is -0.385. The van der Waals surface area contributed by atoms with Gasteiger partial charge in [-0.25, -0.2) is 13.1 Å². The third-order valence-corrected chi connectivity index (χ3v) is 5.36. The van der Waals surface area contributed by atoms with Crippen molar-refractivity contribution in [3.8, 4) is 0 Å². The fourth-order valence-corrected chi connectivity index (χ4v) is 4.26. The predicted octanol–water partition coefficient (Wildman–Crippen LogP) is 2.52. The van der Waals surface area contributed by atoms with E-state index in [0.29, 0.717) is 18.4 Å². The van der Waals surface area contributed by atoms with Gasteiger partial charge in [-0.3, -0.25) is 10.1 Å². The van der Waals surface area contributed by atoms with Crippen LogP contribution in [0.3, 0.4) is 0 Å². The molecule has 20 heavy (non-hydrogen) atoms. The number of nitro groups is 1. The molecule has 1 aromatic carbocycles. The zero-order chi connectivity index (χ0) is 15.1. The molecule has 0 bridgehead atoms. The number of nitrogens with one attached hydrogen (secondary N) is 1. The summed E-state index contributed by atoms with van der Waals surface area (Å²) in [4.78, 5) is 9.98. The molecule has 0 aromatic heterocycles. The zero-order valence-electron chi connectivity index (χ0n) is 10.5. The number of halogens is 2. The number of alkyl halides is 2. The summed E-state index contributed by atoms with van der Waals surface area (Å²) < 4.78 is 26.0. The van der Waals surface area contributed by atoms with Gasteiger partial charge in [-0.1, -0.05) is 6.07 Å². The lowest BCUT2D eigenvalue weighted by atomic mass is 9.93. The molecule has 110 valence electrons. The maximum atomic E-state index is 12.2. The molecule has 0 atom stereocenters. The second-order valence-corrected chi connectivity index (χ2v) is 8.11. The number of rotatable bonds is 4. The quantitative estimate of drug-likeness (QED) is 0.518. The lowest BCUT2D eigenvalue weighted by Gasteiger charge is -2.38. The number of nitro benzene ring substituents is 1. The molecular weight excluding hydrogens is 327 g/mol. The van der Waals surface area contributed by atoms with Gasteiger partial charge in [-0.2, -0.15) is 0 Å². The van der Waals surface area contributed by atoms with Crippen molar-refractivity contribution < 1.29 is 13.3 Å². The van der Waals surface area contributed by atoms with E-state index in [1.807, 2.05) is 0 Å². The summed E-state index contributed by atoms with van der Waals surface area (Å²) in [5, 5.41) is 10.7. The Hall–Kier alpha value is -0.890. The number of non-ortho nitro benzene ring substituents is 1. The van der Waals surface area contributed by atoms with Gasteiger partial charge in [-0.05, 0) is 25.3 Å². The van der Waals surface area contributed by atoms with Gasteiger partial charge < -0.3 is 0 Å². The highest BCUT2D eigenvalue weighted by Crippen LogP contribution is 2.42. The minimum absolute atomic E-state index is 0.103. The molecular formula is C11H12Cl2N2O4S. The summed E-state index contributed by atoms with van der Waals surface area (Å²) in [7, 11) is -3.83. The van der Waals surface area contributed by atoms with E-state index in [9.17, 15) is 18.5 Å². The van der Waals surface area contributed by atoms with Crippen molar-refractivity contribution in [2.75, 3.05) is 0 Å². The summed E-state index contributed by atoms with van der Waals surface area (Å²) in [6.07, 6.45) is 0.618. The van der Waals surface area contributed by atoms with E-state index in [0.717, 1.165) is 6.07 Å². The fourth-order valence-electron chi connectivity index (χ4n) is 2.02. The number of sulfonamides is 1. The molecule has 2 rings (SSSR count). The first-order valence-corrected chi connectivity index (χ1v) is 8.00. The first kappa shape index (κ1) is 15.5. The highest BCUT2D eigenvalue weighted by Gasteiger charge is 2.43. The van der Waals surface area contributed by atoms with Crippen molar-refractivity contribution in [1.29, 1.82) is 0 Å². The molecule has 6 nitrogen and oxygen atoms in total. The minimum Gasteiger partial charge on any atom is -0.258 e. The Morgan fingerprint density at radius 2 is 2.00 bits per heavy atom. The van der Waals surface area contributed by atoms with Gasteiger partial charge in [0, 0.05) is 18.2 Å². The standard InChI is InChI=1S/C11H12Cl2N2O4S/c1-7-2-3-9(15(16)17)4-10(7)20(18,19)14-8-5-11(12,13)6-8/h2-4,8,14H,5-6H2,1H3. The average molecular weight is 339 g/mol. The Labute approximate surface area is 126 Å². The molecule has 0 unspecified atom stereocenters. The van der Waals surface area contributed by atoms with Gasteiger partial charge in [0.15, 0.2) is 0 Å². The molecule has 0 heterocycles. The summed E-state index contributed by atoms with van der Waals surface area (Å²) in [5.74, 6) is 0. The van der Waals surface area contributed by atoms with Crippen molar-refractivity contribution in [2.24, 2.45) is 0 Å². The van der Waals surface area contributed by atoms with Crippen molar-refractivity contribution in [3.63, 3.8) is 0 Å². The third kappa shape index (κ3) is 3.22. The molecule has 1 aliphatic carbocycles. The third-order valence-electron chi connectivity index (χ3n) is 3.08. The molecule has 9 heteroatoms. The van der Waals surface area contributed by atoms with Crippen LogP contribution in [0.1, 0.15) is 18.4 Å². The van der Waals surface area contributed by atoms with Crippen LogP contribution in [0, 0.1) is 17.0 Å². The van der Waals surface area contributed by atoms with E-state index in [2.05, 4.69) is 4.72 Å². The van der Waals surface area contributed by atoms with Crippen molar-refractivity contribution in [1.82, 2.24) is 4.72 Å². The predicted molar refractivity (Wildman–Crippen MR) is 75.6 cm³/mol. The molecule has 1 fully saturated rings. The first-order valence-electron chi connectivity index (χ1n) is 5.76. The second kappa shape index (κ2) is 5.14. The molecule has 0 saturated heterocycles. The van der Waals surface area contributed by atoms with Crippen molar-refractivity contribution >= 4 is 38.9 Å². The van der Waals surface area contributed by atoms with Gasteiger partial charge in [0.2, 0.25) is 10.0 Å². The Morgan fingerprint density at radius 3 is 2.50 bits per heavy atom. The van der Waals surface area contributed by atoms with E-state index in [1.54, 1.807) is 6.92 Å². The average Bonchev–Trinajstić information content (AvgIpc) is 2.25. The lowest BCUT2D eigenvalue weighted by Crippen LogP contribution is -2.49. The number of nitrogens with zero attached hydrogens (tertiary/aromatic N) is 1. The van der Waals surface area contributed by atoms with Gasteiger partial charge in [0.05, 0.1) is 9.82 Å². The van der Waals surface area contributed by atoms with Gasteiger partial charge in [-0.15, -0.1) is 23.2 Å². The van der Waals surface area contributed by atoms with Crippen LogP contribution < -0.4 is 4.72 Å². The van der Waals surface area contributed by atoms with Crippen molar-refractivity contribution in [3.05, 3.63) is 33.9 Å². The van der Waals surface area contributed by atoms with Crippen LogP contribution in [0.2, 0.25) is 0 Å². The molecule has 0 radical (unpaired) electrons. The minimum atomic E-state index is -3.83. The zero-order valence-corrected chi connectivity index (χ0v) is 12.8. The molecule has 0 aliphatic heterocycles. The van der Waals surface area contributed by atoms with E-state index < -0.39 is 19.3 Å². The van der Waals surface area contributed by atoms with Crippen LogP contribution in [0.25, 0.3) is 0 Å². The highest BCUT2D eigenvalue weighted by molar-refractivity contribution is 7.89. The van der Waals surface area contributed by atoms with Gasteiger partial charge in [0.25, 0.3) is 5.69 Å². The van der Waals surface area contributed by atoms with Crippen LogP contribution in [0.4, 0.5) is 5.69 Å². The van der Waals surface area contributed by atoms with Gasteiger partial charge >= 0.3 is 0 Å². The smallest absolute Gasteiger partial charge is 0.258 e. The van der Waals surface area contributed by atoms with E-state index in [4.69, 9.17) is 23.2 Å². The number of benzene rings is 1. The SMILES string of the molecule is Cc1ccc([N+](=O)[O-])cc1S(=O)(=O)NC1CC(Cl)(Cl)C1. The fraction of sp³-hybridized carbons (Fsp3) is 0.455. The maximum Gasteiger partial charge on any atom is 0.270 e. The van der Waals surface area contributed by atoms with Crippen LogP contribution in [-0.4, -0.2) is 23.7 Å². The Balaban J connectivity index is 2.25. The summed E-state index contributed by atoms with van der Waals surface area (Å²) >= 11 is 11.6. The molecule has 1 aliphatic rings. The summed E-state index contributed by atoms with van der Waals surface area (Å²) in [6, 6.07) is 3.36. The summed E-state index contributed by atoms with van der Waals surface area (Å²) in [5.41, 5.74) is 0.166. The summed E-state index contributed by atoms with van der Waals surface area (Å²) in [6.45, 7) is 1.58. The molecule has 1 saturated carbocycles. The Morgan fingerprint density at radius 1 is 1.40 bits per heavy atom. The second-order valence-electron chi connectivity index (χ2n) is 4.79. The Kier molecular flexibility index (Phi) is 3.98. The molecule has 1 N–H and O–H groups in total. The highest BCUT2D eigenvalue weighted by atomic mass is 35.5. The normalized spacial score (nSPS) is 18.6. The Bertz CT molecular complexity index is 652. The monoisotopic (exact) mass is 338 g/mol. The van der Waals surface area contributed by atoms with E-state index in [-0.39, 0.29) is 16.6 Å². The molecule has 0 amide bonds. The maximum absolute atomic E-state index is 12.2. The van der Waals surface area contributed by atoms with Crippen LogP contribution in [-0.2, 0) is 10.0 Å². The van der Waals surface area contributed by atoms with Crippen LogP contribution in [0.5, 0.6) is 0 Å². The largest absolute Gasteiger partial charge is 0.270 e. The van der Waals surface area contributed by atoms with Crippen LogP contribution >= 0.6 is 23.2 Å². The van der Waals surface area contributed by atoms with Gasteiger partial charge in [0.1, 0.15) is 4.33 Å². The number of hydrogen-bond acceptors (Lipinski definition) is 4. The number of aryl methyl sites for hydroxylation is 1. The van der Waals surface area contributed by atoms with E-state index >= 15 is 0 Å². The number of hydrogen-bond donors (Lipinski definition) is 1. The molecule has 0 spiro atoms. The van der Waals surface area contributed by atoms with Crippen molar-refractivity contribution in [2.45, 2.75) is 35.0 Å². The van der Waals surface area contributed by atoms with Crippen LogP contribution in [0.15, 0.2) is 23.1 Å².